The first-order valence-electron chi connectivity index (χ1n) is 10.6. The van der Waals surface area contributed by atoms with Crippen LogP contribution in [0.4, 0.5) is 0 Å². The second kappa shape index (κ2) is 14.8. The Kier molecular flexibility index (Phi) is 14.1. The number of aliphatic hydroxyl groups excluding tert-OH is 2. The zero-order valence-electron chi connectivity index (χ0n) is 18.2. The molecular formula is C21H42NO6+. The third-order valence-corrected chi connectivity index (χ3v) is 4.57. The topological polar surface area (TPSA) is 104 Å². The van der Waals surface area contributed by atoms with Gasteiger partial charge in [0.25, 0.3) is 0 Å². The molecule has 166 valence electrons. The van der Waals surface area contributed by atoms with Crippen molar-refractivity contribution in [2.75, 3.05) is 27.7 Å². The number of esters is 1. The summed E-state index contributed by atoms with van der Waals surface area (Å²) in [7, 11) is 5.70. The molecule has 28 heavy (non-hydrogen) atoms. The molecule has 3 N–H and O–H groups in total. The van der Waals surface area contributed by atoms with E-state index in [1.807, 2.05) is 21.1 Å². The summed E-state index contributed by atoms with van der Waals surface area (Å²) in [5.74, 6) is -1.58. The third kappa shape index (κ3) is 17.0. The lowest BCUT2D eigenvalue weighted by Crippen LogP contribution is -2.44. The van der Waals surface area contributed by atoms with E-state index < -0.39 is 24.1 Å². The van der Waals surface area contributed by atoms with E-state index in [1.54, 1.807) is 0 Å². The van der Waals surface area contributed by atoms with Gasteiger partial charge in [0, 0.05) is 0 Å². The van der Waals surface area contributed by atoms with Crippen LogP contribution >= 0.6 is 0 Å². The van der Waals surface area contributed by atoms with Gasteiger partial charge in [0.05, 0.1) is 46.2 Å². The number of hydrogen-bond acceptors (Lipinski definition) is 5. The molecule has 0 heterocycles. The monoisotopic (exact) mass is 404 g/mol. The Morgan fingerprint density at radius 1 is 0.857 bits per heavy atom. The maximum absolute atomic E-state index is 12.0. The van der Waals surface area contributed by atoms with Crippen molar-refractivity contribution in [3.8, 4) is 0 Å². The normalized spacial score (nSPS) is 15.1. The van der Waals surface area contributed by atoms with Crippen LogP contribution in [0.5, 0.6) is 0 Å². The Morgan fingerprint density at radius 3 is 1.89 bits per heavy atom. The Bertz CT molecular complexity index is 435. The van der Waals surface area contributed by atoms with Crippen molar-refractivity contribution < 1.29 is 34.1 Å². The summed E-state index contributed by atoms with van der Waals surface area (Å²) in [5.41, 5.74) is 0. The van der Waals surface area contributed by atoms with Crippen LogP contribution in [-0.2, 0) is 14.3 Å². The molecule has 0 bridgehead atoms. The number of nitrogens with zero attached hydrogens (tertiary/aromatic N) is 1. The van der Waals surface area contributed by atoms with Crippen molar-refractivity contribution in [3.05, 3.63) is 0 Å². The minimum absolute atomic E-state index is 0.132. The van der Waals surface area contributed by atoms with Gasteiger partial charge in [0.1, 0.15) is 6.54 Å². The first-order chi connectivity index (χ1) is 13.0. The van der Waals surface area contributed by atoms with E-state index in [2.05, 4.69) is 6.92 Å². The molecule has 0 saturated heterocycles. The highest BCUT2D eigenvalue weighted by molar-refractivity contribution is 5.71. The lowest BCUT2D eigenvalue weighted by atomic mass is 10.0. The number of quaternary nitrogens is 1. The van der Waals surface area contributed by atoms with E-state index >= 15 is 0 Å². The number of carbonyl (C=O) groups is 2. The highest BCUT2D eigenvalue weighted by Crippen LogP contribution is 2.14. The predicted octanol–water partition coefficient (Wildman–Crippen LogP) is 2.72. The van der Waals surface area contributed by atoms with Crippen LogP contribution in [-0.4, -0.2) is 77.7 Å². The van der Waals surface area contributed by atoms with Crippen LogP contribution in [0.15, 0.2) is 0 Å². The second-order valence-electron chi connectivity index (χ2n) is 8.83. The number of likely N-dealkylation sites (N-methyl/N-ethyl adjacent to an activating group) is 1. The van der Waals surface area contributed by atoms with Gasteiger partial charge in [-0.15, -0.1) is 0 Å². The van der Waals surface area contributed by atoms with E-state index in [-0.39, 0.29) is 18.9 Å². The number of carbonyl (C=O) groups excluding carboxylic acids is 1. The van der Waals surface area contributed by atoms with Crippen molar-refractivity contribution in [2.24, 2.45) is 0 Å². The molecule has 0 aliphatic rings. The van der Waals surface area contributed by atoms with Gasteiger partial charge in [-0.3, -0.25) is 9.59 Å². The van der Waals surface area contributed by atoms with Gasteiger partial charge in [-0.05, 0) is 19.3 Å². The minimum Gasteiger partial charge on any atom is -0.481 e. The molecule has 0 aliphatic heterocycles. The standard InChI is InChI=1S/C21H41NO6/c1-5-6-7-8-11-17(23)12-9-10-13-18(24)14-21(27)28-19(15-20(25)26)16-22(2,3)4/h17-19,23-24H,5-16H2,1-4H3/p+1. The lowest BCUT2D eigenvalue weighted by molar-refractivity contribution is -0.873. The number of carboxylic acids is 1. The molecular weight excluding hydrogens is 362 g/mol. The minimum atomic E-state index is -1.01. The third-order valence-electron chi connectivity index (χ3n) is 4.57. The van der Waals surface area contributed by atoms with E-state index in [0.29, 0.717) is 23.9 Å². The predicted molar refractivity (Wildman–Crippen MR) is 109 cm³/mol. The number of ether oxygens (including phenoxy) is 1. The maximum atomic E-state index is 12.0. The zero-order chi connectivity index (χ0) is 21.6. The molecule has 0 amide bonds. The van der Waals surface area contributed by atoms with Gasteiger partial charge in [-0.25, -0.2) is 0 Å². The molecule has 3 unspecified atom stereocenters. The summed E-state index contributed by atoms with van der Waals surface area (Å²) in [6.45, 7) is 2.55. The number of unbranched alkanes of at least 4 members (excludes halogenated alkanes) is 4. The number of carboxylic acid groups (broad SMARTS) is 1. The van der Waals surface area contributed by atoms with Crippen LogP contribution in [0.2, 0.25) is 0 Å². The molecule has 0 aliphatic carbocycles. The Labute approximate surface area is 170 Å². The fourth-order valence-electron chi connectivity index (χ4n) is 3.19. The van der Waals surface area contributed by atoms with Crippen molar-refractivity contribution in [1.82, 2.24) is 0 Å². The van der Waals surface area contributed by atoms with Gasteiger partial charge in [-0.2, -0.15) is 0 Å². The van der Waals surface area contributed by atoms with Crippen molar-refractivity contribution in [3.63, 3.8) is 0 Å². The fraction of sp³-hybridized carbons (Fsp3) is 0.905. The average Bonchev–Trinajstić information content (AvgIpc) is 2.53. The van der Waals surface area contributed by atoms with Crippen LogP contribution in [0, 0.1) is 0 Å². The molecule has 0 aromatic heterocycles. The van der Waals surface area contributed by atoms with E-state index in [1.165, 1.54) is 12.8 Å². The quantitative estimate of drug-likeness (QED) is 0.196. The van der Waals surface area contributed by atoms with Gasteiger partial charge in [0.2, 0.25) is 0 Å². The first-order valence-corrected chi connectivity index (χ1v) is 10.6. The van der Waals surface area contributed by atoms with Crippen LogP contribution < -0.4 is 0 Å². The Balaban J connectivity index is 4.04. The van der Waals surface area contributed by atoms with Gasteiger partial charge < -0.3 is 24.5 Å². The van der Waals surface area contributed by atoms with Crippen molar-refractivity contribution in [2.45, 2.75) is 95.9 Å². The number of rotatable bonds is 17. The molecule has 0 radical (unpaired) electrons. The fourth-order valence-corrected chi connectivity index (χ4v) is 3.19. The molecule has 7 heteroatoms. The molecule has 0 rings (SSSR count). The highest BCUT2D eigenvalue weighted by atomic mass is 16.5. The summed E-state index contributed by atoms with van der Waals surface area (Å²) in [5, 5.41) is 28.9. The van der Waals surface area contributed by atoms with E-state index in [0.717, 1.165) is 32.1 Å². The second-order valence-corrected chi connectivity index (χ2v) is 8.83. The Morgan fingerprint density at radius 2 is 1.39 bits per heavy atom. The summed E-state index contributed by atoms with van der Waals surface area (Å²) in [4.78, 5) is 23.0. The van der Waals surface area contributed by atoms with Crippen LogP contribution in [0.25, 0.3) is 0 Å². The maximum Gasteiger partial charge on any atom is 0.308 e. The molecule has 3 atom stereocenters. The van der Waals surface area contributed by atoms with Crippen molar-refractivity contribution in [1.29, 1.82) is 0 Å². The van der Waals surface area contributed by atoms with Gasteiger partial charge >= 0.3 is 11.9 Å². The first kappa shape index (κ1) is 26.8. The molecule has 0 aromatic rings. The summed E-state index contributed by atoms with van der Waals surface area (Å²) < 4.78 is 5.76. The van der Waals surface area contributed by atoms with Crippen LogP contribution in [0.3, 0.4) is 0 Å². The van der Waals surface area contributed by atoms with Gasteiger partial charge in [-0.1, -0.05) is 45.4 Å². The molecule has 0 fully saturated rings. The summed E-state index contributed by atoms with van der Waals surface area (Å²) in [6.07, 6.45) is 5.98. The van der Waals surface area contributed by atoms with Gasteiger partial charge in [0.15, 0.2) is 6.10 Å². The average molecular weight is 405 g/mol. The van der Waals surface area contributed by atoms with E-state index in [4.69, 9.17) is 9.84 Å². The molecule has 0 aromatic carbocycles. The molecule has 7 nitrogen and oxygen atoms in total. The molecule has 0 spiro atoms. The smallest absolute Gasteiger partial charge is 0.308 e. The Hall–Kier alpha value is -1.18. The number of aliphatic hydroxyl groups is 2. The zero-order valence-corrected chi connectivity index (χ0v) is 18.2. The summed E-state index contributed by atoms with van der Waals surface area (Å²) in [6, 6.07) is 0. The largest absolute Gasteiger partial charge is 0.481 e. The number of aliphatic carboxylic acids is 1. The van der Waals surface area contributed by atoms with Crippen LogP contribution in [0.1, 0.15) is 77.6 Å². The lowest BCUT2D eigenvalue weighted by Gasteiger charge is -2.28. The van der Waals surface area contributed by atoms with Crippen molar-refractivity contribution >= 4 is 11.9 Å². The highest BCUT2D eigenvalue weighted by Gasteiger charge is 2.25. The summed E-state index contributed by atoms with van der Waals surface area (Å²) >= 11 is 0. The SMILES string of the molecule is CCCCCCC(O)CCCCC(O)CC(=O)OC(CC(=O)O)C[N+](C)(C)C. The van der Waals surface area contributed by atoms with E-state index in [9.17, 15) is 19.8 Å². The number of hydrogen-bond donors (Lipinski definition) is 3. The molecule has 0 saturated carbocycles.